The summed E-state index contributed by atoms with van der Waals surface area (Å²) < 4.78 is 2.82. The molecule has 4 nitrogen and oxygen atoms in total. The van der Waals surface area contributed by atoms with E-state index in [1.165, 1.54) is 95.1 Å². The summed E-state index contributed by atoms with van der Waals surface area (Å²) in [4.78, 5) is 15.9. The SMILES string of the molecule is CCCN1c2cc3c(cc2N(CCC)c2cc4ccccc4cc21)SC(=C1Sc2cc4c(cc2S1)N(CCC)c1cc2ccccc2cc1N4CCC)S3. The molecule has 0 radical (unpaired) electrons. The van der Waals surface area contributed by atoms with Crippen molar-refractivity contribution in [3.8, 4) is 0 Å². The smallest absolute Gasteiger partial charge is 0.0706 e. The Morgan fingerprint density at radius 1 is 0.333 bits per heavy atom. The van der Waals surface area contributed by atoms with Crippen LogP contribution in [0.4, 0.5) is 45.5 Å². The zero-order valence-corrected chi connectivity index (χ0v) is 34.6. The maximum absolute atomic E-state index is 2.59. The topological polar surface area (TPSA) is 13.0 Å². The number of hydrogen-bond acceptors (Lipinski definition) is 8. The number of benzene rings is 6. The number of thioether (sulfide) groups is 4. The highest BCUT2D eigenvalue weighted by atomic mass is 32.2. The molecule has 0 N–H and O–H groups in total. The van der Waals surface area contributed by atoms with Gasteiger partial charge < -0.3 is 19.6 Å². The Hall–Kier alpha value is -3.82. The fraction of sp³-hybridized carbons (Fsp3) is 0.261. The van der Waals surface area contributed by atoms with Gasteiger partial charge in [-0.25, -0.2) is 0 Å². The van der Waals surface area contributed by atoms with Crippen molar-refractivity contribution in [2.75, 3.05) is 45.8 Å². The van der Waals surface area contributed by atoms with Crippen LogP contribution < -0.4 is 19.6 Å². The van der Waals surface area contributed by atoms with Crippen LogP contribution in [0.25, 0.3) is 21.5 Å². The van der Waals surface area contributed by atoms with Crippen molar-refractivity contribution in [2.24, 2.45) is 0 Å². The Morgan fingerprint density at radius 2 is 0.556 bits per heavy atom. The highest BCUT2D eigenvalue weighted by Gasteiger charge is 2.36. The van der Waals surface area contributed by atoms with Crippen molar-refractivity contribution in [1.82, 2.24) is 0 Å². The van der Waals surface area contributed by atoms with Gasteiger partial charge in [0.1, 0.15) is 0 Å². The van der Waals surface area contributed by atoms with E-state index in [9.17, 15) is 0 Å². The van der Waals surface area contributed by atoms with Crippen molar-refractivity contribution in [3.63, 3.8) is 0 Å². The van der Waals surface area contributed by atoms with Crippen molar-refractivity contribution in [1.29, 1.82) is 0 Å². The second-order valence-corrected chi connectivity index (χ2v) is 19.3. The van der Waals surface area contributed by atoms with Gasteiger partial charge in [0.05, 0.1) is 54.0 Å². The Balaban J connectivity index is 1.02. The van der Waals surface area contributed by atoms with Gasteiger partial charge in [0, 0.05) is 45.8 Å². The molecule has 0 atom stereocenters. The molecule has 0 unspecified atom stereocenters. The molecule has 0 fully saturated rings. The standard InChI is InChI=1S/C46H44N4S4/c1-5-17-47-33-21-29-13-9-10-14-30(29)22-34(33)48(18-6-2)38-26-42-41(25-37(38)47)51-45(52-42)46-53-43-27-39-40(28-44(43)54-46)50(20-8-4)36-24-32-16-12-11-15-31(32)23-35(36)49(39)19-7-3/h9-16,21-28H,5-8,17-20H2,1-4H3. The first kappa shape index (κ1) is 34.7. The van der Waals surface area contributed by atoms with Crippen LogP contribution in [0, 0.1) is 0 Å². The zero-order chi connectivity index (χ0) is 36.5. The van der Waals surface area contributed by atoms with E-state index in [1.54, 1.807) is 0 Å². The number of hydrogen-bond donors (Lipinski definition) is 0. The van der Waals surface area contributed by atoms with Gasteiger partial charge in [0.25, 0.3) is 0 Å². The lowest BCUT2D eigenvalue weighted by Gasteiger charge is -2.41. The molecule has 4 heterocycles. The molecule has 0 amide bonds. The predicted molar refractivity (Wildman–Crippen MR) is 240 cm³/mol. The highest BCUT2D eigenvalue weighted by molar-refractivity contribution is 8.30. The van der Waals surface area contributed by atoms with Gasteiger partial charge in [-0.3, -0.25) is 0 Å². The van der Waals surface area contributed by atoms with Crippen LogP contribution in [0.2, 0.25) is 0 Å². The van der Waals surface area contributed by atoms with Crippen LogP contribution in [-0.4, -0.2) is 26.2 Å². The van der Waals surface area contributed by atoms with E-state index >= 15 is 0 Å². The van der Waals surface area contributed by atoms with E-state index in [1.807, 2.05) is 47.0 Å². The van der Waals surface area contributed by atoms with E-state index in [2.05, 4.69) is 144 Å². The first-order chi connectivity index (χ1) is 26.6. The van der Waals surface area contributed by atoms with E-state index in [0.29, 0.717) is 0 Å². The predicted octanol–water partition coefficient (Wildman–Crippen LogP) is 15.0. The summed E-state index contributed by atoms with van der Waals surface area (Å²) in [6, 6.07) is 37.3. The quantitative estimate of drug-likeness (QED) is 0.150. The van der Waals surface area contributed by atoms with Gasteiger partial charge in [0.15, 0.2) is 0 Å². The molecule has 54 heavy (non-hydrogen) atoms. The Bertz CT molecular complexity index is 2170. The number of fused-ring (bicyclic) bond motifs is 8. The fourth-order valence-corrected chi connectivity index (χ4v) is 13.9. The molecule has 8 heteroatoms. The summed E-state index contributed by atoms with van der Waals surface area (Å²) in [5.74, 6) is 0. The summed E-state index contributed by atoms with van der Waals surface area (Å²) in [6.45, 7) is 13.2. The molecular weight excluding hydrogens is 737 g/mol. The van der Waals surface area contributed by atoms with Crippen LogP contribution in [0.3, 0.4) is 0 Å². The van der Waals surface area contributed by atoms with Crippen molar-refractivity contribution >= 4 is 114 Å². The van der Waals surface area contributed by atoms with E-state index in [-0.39, 0.29) is 0 Å². The molecule has 272 valence electrons. The third-order valence-corrected chi connectivity index (χ3v) is 16.4. The van der Waals surface area contributed by atoms with Gasteiger partial charge in [-0.15, -0.1) is 0 Å². The molecule has 4 aliphatic rings. The van der Waals surface area contributed by atoms with Crippen molar-refractivity contribution in [3.05, 3.63) is 106 Å². The number of anilines is 8. The summed E-state index contributed by atoms with van der Waals surface area (Å²) >= 11 is 7.88. The third-order valence-electron chi connectivity index (χ3n) is 10.9. The first-order valence-corrected chi connectivity index (χ1v) is 22.8. The molecule has 0 saturated carbocycles. The van der Waals surface area contributed by atoms with Gasteiger partial charge in [0.2, 0.25) is 0 Å². The summed E-state index contributed by atoms with van der Waals surface area (Å²) in [7, 11) is 0. The number of rotatable bonds is 8. The first-order valence-electron chi connectivity index (χ1n) is 19.5. The average molecular weight is 781 g/mol. The summed E-state index contributed by atoms with van der Waals surface area (Å²) in [5, 5.41) is 5.22. The van der Waals surface area contributed by atoms with E-state index in [4.69, 9.17) is 0 Å². The minimum atomic E-state index is 0.999. The molecule has 0 bridgehead atoms. The monoisotopic (exact) mass is 780 g/mol. The van der Waals surface area contributed by atoms with E-state index < -0.39 is 0 Å². The van der Waals surface area contributed by atoms with Gasteiger partial charge in [-0.2, -0.15) is 0 Å². The van der Waals surface area contributed by atoms with Crippen LogP contribution in [0.5, 0.6) is 0 Å². The lowest BCUT2D eigenvalue weighted by Crippen LogP contribution is -2.30. The highest BCUT2D eigenvalue weighted by Crippen LogP contribution is 2.65. The molecule has 4 aliphatic heterocycles. The maximum atomic E-state index is 2.59. The normalized spacial score (nSPS) is 15.5. The molecule has 0 saturated heterocycles. The number of nitrogens with zero attached hydrogens (tertiary/aromatic N) is 4. The zero-order valence-electron chi connectivity index (χ0n) is 31.3. The lowest BCUT2D eigenvalue weighted by atomic mass is 10.0. The van der Waals surface area contributed by atoms with Gasteiger partial charge in [-0.1, -0.05) is 123 Å². The lowest BCUT2D eigenvalue weighted by molar-refractivity contribution is 0.837. The van der Waals surface area contributed by atoms with Crippen molar-refractivity contribution < 1.29 is 0 Å². The summed E-state index contributed by atoms with van der Waals surface area (Å²) in [6.07, 6.45) is 4.37. The molecule has 0 aromatic heterocycles. The second kappa shape index (κ2) is 14.0. The van der Waals surface area contributed by atoms with Crippen LogP contribution in [0.1, 0.15) is 53.4 Å². The van der Waals surface area contributed by atoms with E-state index in [0.717, 1.165) is 51.9 Å². The molecule has 6 aromatic rings. The minimum absolute atomic E-state index is 0.999. The van der Waals surface area contributed by atoms with Crippen LogP contribution >= 0.6 is 47.0 Å². The Kier molecular flexibility index (Phi) is 9.01. The largest absolute Gasteiger partial charge is 0.338 e. The molecule has 10 rings (SSSR count). The minimum Gasteiger partial charge on any atom is -0.338 e. The average Bonchev–Trinajstić information content (AvgIpc) is 3.81. The fourth-order valence-electron chi connectivity index (χ4n) is 8.54. The Morgan fingerprint density at radius 3 is 0.778 bits per heavy atom. The molecular formula is C46H44N4S4. The maximum Gasteiger partial charge on any atom is 0.0706 e. The Labute approximate surface area is 336 Å². The van der Waals surface area contributed by atoms with Gasteiger partial charge in [-0.05, 0) is 95.8 Å². The molecule has 0 aliphatic carbocycles. The van der Waals surface area contributed by atoms with Crippen LogP contribution in [-0.2, 0) is 0 Å². The second-order valence-electron chi connectivity index (χ2n) is 14.5. The summed E-state index contributed by atoms with van der Waals surface area (Å²) in [5.41, 5.74) is 10.7. The van der Waals surface area contributed by atoms with Crippen LogP contribution in [0.15, 0.2) is 125 Å². The molecule has 6 aromatic carbocycles. The molecule has 0 spiro atoms. The van der Waals surface area contributed by atoms with Gasteiger partial charge >= 0.3 is 0 Å². The van der Waals surface area contributed by atoms with Crippen molar-refractivity contribution in [2.45, 2.75) is 73.0 Å². The third kappa shape index (κ3) is 5.62.